The van der Waals surface area contributed by atoms with Gasteiger partial charge in [0.25, 0.3) is 0 Å². The zero-order valence-corrected chi connectivity index (χ0v) is 10.3. The Hall–Kier alpha value is -1.08. The van der Waals surface area contributed by atoms with E-state index >= 15 is 0 Å². The first-order valence-electron chi connectivity index (χ1n) is 5.55. The van der Waals surface area contributed by atoms with Gasteiger partial charge in [0.15, 0.2) is 0 Å². The van der Waals surface area contributed by atoms with Gasteiger partial charge in [-0.2, -0.15) is 0 Å². The Bertz CT molecular complexity index is 276. The van der Waals surface area contributed by atoms with Crippen LogP contribution < -0.4 is 0 Å². The number of hydrogen-bond acceptors (Lipinski definition) is 1. The summed E-state index contributed by atoms with van der Waals surface area (Å²) in [6.45, 7) is 6.92. The van der Waals surface area contributed by atoms with E-state index in [9.17, 15) is 0 Å². The van der Waals surface area contributed by atoms with E-state index in [-0.39, 0.29) is 0 Å². The lowest BCUT2D eigenvalue weighted by molar-refractivity contribution is 0.204. The number of ether oxygens (including phenoxy) is 1. The predicted molar refractivity (Wildman–Crippen MR) is 68.1 cm³/mol. The molecule has 0 heterocycles. The van der Waals surface area contributed by atoms with E-state index in [1.807, 2.05) is 13.8 Å². The van der Waals surface area contributed by atoms with Gasteiger partial charge in [-0.15, -0.1) is 0 Å². The average molecular weight is 206 g/mol. The summed E-state index contributed by atoms with van der Waals surface area (Å²) in [4.78, 5) is 0. The Morgan fingerprint density at radius 2 is 1.87 bits per heavy atom. The van der Waals surface area contributed by atoms with E-state index in [0.29, 0.717) is 0 Å². The van der Waals surface area contributed by atoms with Crippen molar-refractivity contribution >= 4 is 6.08 Å². The molecule has 0 saturated carbocycles. The molecule has 1 heteroatoms. The van der Waals surface area contributed by atoms with Crippen LogP contribution >= 0.6 is 0 Å². The summed E-state index contributed by atoms with van der Waals surface area (Å²) in [6, 6.07) is 8.36. The van der Waals surface area contributed by atoms with Gasteiger partial charge in [0.05, 0.1) is 0 Å². The highest BCUT2D eigenvalue weighted by Gasteiger charge is 1.89. The highest BCUT2D eigenvalue weighted by atomic mass is 16.5. The van der Waals surface area contributed by atoms with Crippen molar-refractivity contribution in [3.05, 3.63) is 41.5 Å². The van der Waals surface area contributed by atoms with Crippen LogP contribution in [0, 0.1) is 6.92 Å². The van der Waals surface area contributed by atoms with Crippen molar-refractivity contribution in [1.82, 2.24) is 0 Å². The molecule has 0 atom stereocenters. The molecule has 1 nitrogen and oxygen atoms in total. The largest absolute Gasteiger partial charge is 0.384 e. The van der Waals surface area contributed by atoms with E-state index < -0.39 is 0 Å². The topological polar surface area (TPSA) is 9.23 Å². The maximum absolute atomic E-state index is 4.96. The fourth-order valence-corrected chi connectivity index (χ4v) is 1.17. The second-order valence-electron chi connectivity index (χ2n) is 3.04. The second kappa shape index (κ2) is 9.47. The smallest absolute Gasteiger partial charge is 0.0496 e. The first-order valence-corrected chi connectivity index (χ1v) is 5.55. The predicted octanol–water partition coefficient (Wildman–Crippen LogP) is 4.07. The molecule has 1 rings (SSSR count). The lowest BCUT2D eigenvalue weighted by Crippen LogP contribution is -1.84. The number of hydrogen-bond donors (Lipinski definition) is 0. The van der Waals surface area contributed by atoms with Crippen LogP contribution in [-0.4, -0.2) is 13.7 Å². The Morgan fingerprint density at radius 1 is 1.20 bits per heavy atom. The Morgan fingerprint density at radius 3 is 2.47 bits per heavy atom. The average Bonchev–Trinajstić information content (AvgIpc) is 2.29. The van der Waals surface area contributed by atoms with Crippen molar-refractivity contribution in [1.29, 1.82) is 0 Å². The molecule has 0 unspecified atom stereocenters. The molecule has 0 aliphatic carbocycles. The summed E-state index contributed by atoms with van der Waals surface area (Å²) in [6.07, 6.45) is 5.27. The molecule has 0 aliphatic heterocycles. The van der Waals surface area contributed by atoms with Crippen molar-refractivity contribution < 1.29 is 4.74 Å². The van der Waals surface area contributed by atoms with Crippen molar-refractivity contribution in [3.63, 3.8) is 0 Å². The SMILES string of the molecule is CC.COCC/C=C/c1ccccc1C. The van der Waals surface area contributed by atoms with Gasteiger partial charge in [0.2, 0.25) is 0 Å². The molecule has 0 aromatic heterocycles. The first-order chi connectivity index (χ1) is 7.34. The lowest BCUT2D eigenvalue weighted by Gasteiger charge is -1.98. The minimum atomic E-state index is 0.794. The minimum absolute atomic E-state index is 0.794. The number of benzene rings is 1. The fraction of sp³-hybridized carbons (Fsp3) is 0.429. The van der Waals surface area contributed by atoms with Gasteiger partial charge >= 0.3 is 0 Å². The summed E-state index contributed by atoms with van der Waals surface area (Å²) in [5, 5.41) is 0. The van der Waals surface area contributed by atoms with Crippen LogP contribution in [-0.2, 0) is 4.74 Å². The maximum atomic E-state index is 4.96. The Labute approximate surface area is 93.8 Å². The molecule has 0 saturated heterocycles. The van der Waals surface area contributed by atoms with Gasteiger partial charge in [-0.05, 0) is 24.5 Å². The molecule has 1 aromatic rings. The van der Waals surface area contributed by atoms with Gasteiger partial charge < -0.3 is 4.74 Å². The summed E-state index contributed by atoms with van der Waals surface area (Å²) in [5.74, 6) is 0. The van der Waals surface area contributed by atoms with Crippen LogP contribution in [0.3, 0.4) is 0 Å². The monoisotopic (exact) mass is 206 g/mol. The summed E-state index contributed by atoms with van der Waals surface area (Å²) in [5.41, 5.74) is 2.61. The quantitative estimate of drug-likeness (QED) is 0.675. The normalized spacial score (nSPS) is 9.87. The standard InChI is InChI=1S/C12H16O.C2H6/c1-11-7-3-4-8-12(11)9-5-6-10-13-2;1-2/h3-5,7-9H,6,10H2,1-2H3;1-2H3/b9-5+;. The molecule has 0 N–H and O–H groups in total. The van der Waals surface area contributed by atoms with Crippen LogP contribution in [0.25, 0.3) is 6.08 Å². The number of methoxy groups -OCH3 is 1. The van der Waals surface area contributed by atoms with Crippen molar-refractivity contribution in [2.45, 2.75) is 27.2 Å². The van der Waals surface area contributed by atoms with Crippen LogP contribution in [0.15, 0.2) is 30.3 Å². The molecule has 15 heavy (non-hydrogen) atoms. The molecule has 1 aromatic carbocycles. The van der Waals surface area contributed by atoms with Gasteiger partial charge in [0.1, 0.15) is 0 Å². The van der Waals surface area contributed by atoms with Crippen LogP contribution in [0.4, 0.5) is 0 Å². The molecule has 0 fully saturated rings. The minimum Gasteiger partial charge on any atom is -0.384 e. The Kier molecular flexibility index (Phi) is 8.79. The van der Waals surface area contributed by atoms with E-state index in [1.165, 1.54) is 11.1 Å². The summed E-state index contributed by atoms with van der Waals surface area (Å²) in [7, 11) is 1.72. The molecule has 84 valence electrons. The Balaban J connectivity index is 0.000000921. The summed E-state index contributed by atoms with van der Waals surface area (Å²) >= 11 is 0. The van der Waals surface area contributed by atoms with Gasteiger partial charge in [-0.1, -0.05) is 50.3 Å². The van der Waals surface area contributed by atoms with E-state index in [2.05, 4.69) is 43.3 Å². The second-order valence-corrected chi connectivity index (χ2v) is 3.04. The number of rotatable bonds is 4. The molecule has 0 spiro atoms. The maximum Gasteiger partial charge on any atom is 0.0496 e. The third-order valence-electron chi connectivity index (χ3n) is 1.97. The molecule has 0 aliphatic rings. The highest BCUT2D eigenvalue weighted by molar-refractivity contribution is 5.53. The van der Waals surface area contributed by atoms with E-state index in [1.54, 1.807) is 7.11 Å². The molecular formula is C14H22O. The van der Waals surface area contributed by atoms with Gasteiger partial charge in [-0.25, -0.2) is 0 Å². The van der Waals surface area contributed by atoms with Gasteiger partial charge in [-0.3, -0.25) is 0 Å². The van der Waals surface area contributed by atoms with Crippen molar-refractivity contribution in [2.24, 2.45) is 0 Å². The van der Waals surface area contributed by atoms with Crippen LogP contribution in [0.2, 0.25) is 0 Å². The molecule has 0 bridgehead atoms. The lowest BCUT2D eigenvalue weighted by atomic mass is 10.1. The van der Waals surface area contributed by atoms with Crippen molar-refractivity contribution in [3.8, 4) is 0 Å². The highest BCUT2D eigenvalue weighted by Crippen LogP contribution is 2.08. The first kappa shape index (κ1) is 13.9. The zero-order valence-electron chi connectivity index (χ0n) is 10.3. The van der Waals surface area contributed by atoms with Crippen LogP contribution in [0.5, 0.6) is 0 Å². The van der Waals surface area contributed by atoms with Crippen LogP contribution in [0.1, 0.15) is 31.4 Å². The third kappa shape index (κ3) is 6.08. The molecule has 0 amide bonds. The molecule has 0 radical (unpaired) electrons. The van der Waals surface area contributed by atoms with Crippen molar-refractivity contribution in [2.75, 3.05) is 13.7 Å². The van der Waals surface area contributed by atoms with Gasteiger partial charge in [0, 0.05) is 13.7 Å². The zero-order chi connectivity index (χ0) is 11.5. The fourth-order valence-electron chi connectivity index (χ4n) is 1.17. The molecular weight excluding hydrogens is 184 g/mol. The van der Waals surface area contributed by atoms with E-state index in [0.717, 1.165) is 13.0 Å². The number of aryl methyl sites for hydroxylation is 1. The summed E-state index contributed by atoms with van der Waals surface area (Å²) < 4.78 is 4.96. The third-order valence-corrected chi connectivity index (χ3v) is 1.97. The van der Waals surface area contributed by atoms with E-state index in [4.69, 9.17) is 4.74 Å².